The Morgan fingerprint density at radius 3 is 2.61 bits per heavy atom. The summed E-state index contributed by atoms with van der Waals surface area (Å²) >= 11 is 3.50. The van der Waals surface area contributed by atoms with Crippen LogP contribution in [0.4, 0.5) is 0 Å². The van der Waals surface area contributed by atoms with Gasteiger partial charge >= 0.3 is 0 Å². The van der Waals surface area contributed by atoms with Gasteiger partial charge in [-0.3, -0.25) is 9.88 Å². The molecule has 3 nitrogen and oxygen atoms in total. The van der Waals surface area contributed by atoms with Gasteiger partial charge in [0.05, 0.1) is 12.8 Å². The van der Waals surface area contributed by atoms with Gasteiger partial charge in [-0.25, -0.2) is 0 Å². The summed E-state index contributed by atoms with van der Waals surface area (Å²) in [6.07, 6.45) is 3.06. The minimum Gasteiger partial charge on any atom is -0.496 e. The predicted molar refractivity (Wildman–Crippen MR) is 79.6 cm³/mol. The Morgan fingerprint density at radius 1 is 1.33 bits per heavy atom. The highest BCUT2D eigenvalue weighted by Crippen LogP contribution is 2.24. The highest BCUT2D eigenvalue weighted by Gasteiger charge is 2.12. The van der Waals surface area contributed by atoms with Crippen LogP contribution in [0, 0.1) is 13.8 Å². The van der Waals surface area contributed by atoms with Crippen molar-refractivity contribution in [1.29, 1.82) is 0 Å². The summed E-state index contributed by atoms with van der Waals surface area (Å²) in [5.41, 5.74) is 3.38. The predicted octanol–water partition coefficient (Wildman–Crippen LogP) is 3.31. The number of rotatable bonds is 7. The molecule has 1 aromatic heterocycles. The summed E-state index contributed by atoms with van der Waals surface area (Å²) in [6.45, 7) is 9.37. The van der Waals surface area contributed by atoms with Crippen LogP contribution in [0.3, 0.4) is 0 Å². The van der Waals surface area contributed by atoms with Crippen LogP contribution >= 0.6 is 15.9 Å². The number of aromatic nitrogens is 1. The van der Waals surface area contributed by atoms with Crippen molar-refractivity contribution in [1.82, 2.24) is 9.88 Å². The number of ether oxygens (including phenoxy) is 1. The zero-order chi connectivity index (χ0) is 13.5. The third-order valence-corrected chi connectivity index (χ3v) is 3.42. The normalized spacial score (nSPS) is 11.0. The summed E-state index contributed by atoms with van der Waals surface area (Å²) in [5, 5.41) is 0.995. The van der Waals surface area contributed by atoms with Crippen LogP contribution in [0.1, 0.15) is 30.2 Å². The molecular weight excluding hydrogens is 292 g/mol. The van der Waals surface area contributed by atoms with Crippen LogP contribution in [0.2, 0.25) is 0 Å². The minimum absolute atomic E-state index is 0.891. The van der Waals surface area contributed by atoms with E-state index >= 15 is 0 Å². The van der Waals surface area contributed by atoms with Gasteiger partial charge in [0, 0.05) is 35.7 Å². The van der Waals surface area contributed by atoms with Crippen LogP contribution in [-0.2, 0) is 6.54 Å². The number of hydrogen-bond acceptors (Lipinski definition) is 3. The van der Waals surface area contributed by atoms with Gasteiger partial charge in [0.25, 0.3) is 0 Å². The van der Waals surface area contributed by atoms with E-state index in [9.17, 15) is 0 Å². The molecule has 0 atom stereocenters. The molecule has 1 aromatic rings. The Bertz CT molecular complexity index is 376. The maximum Gasteiger partial charge on any atom is 0.128 e. The number of halogens is 1. The lowest BCUT2D eigenvalue weighted by atomic mass is 10.1. The van der Waals surface area contributed by atoms with Crippen LogP contribution < -0.4 is 4.74 Å². The van der Waals surface area contributed by atoms with Gasteiger partial charge < -0.3 is 4.74 Å². The van der Waals surface area contributed by atoms with E-state index < -0.39 is 0 Å². The Balaban J connectivity index is 2.88. The van der Waals surface area contributed by atoms with Crippen molar-refractivity contribution in [2.24, 2.45) is 0 Å². The highest BCUT2D eigenvalue weighted by atomic mass is 79.9. The second kappa shape index (κ2) is 7.74. The molecule has 0 bridgehead atoms. The minimum atomic E-state index is 0.891. The Hall–Kier alpha value is -0.610. The number of aryl methyl sites for hydroxylation is 1. The summed E-state index contributed by atoms with van der Waals surface area (Å²) < 4.78 is 5.45. The molecule has 0 unspecified atom stereocenters. The van der Waals surface area contributed by atoms with E-state index in [4.69, 9.17) is 4.74 Å². The third-order valence-electron chi connectivity index (χ3n) is 3.06. The topological polar surface area (TPSA) is 25.4 Å². The van der Waals surface area contributed by atoms with E-state index in [2.05, 4.69) is 39.7 Å². The Morgan fingerprint density at radius 2 is 2.06 bits per heavy atom. The molecule has 0 fully saturated rings. The molecule has 102 valence electrons. The van der Waals surface area contributed by atoms with E-state index in [1.807, 2.05) is 13.1 Å². The number of pyridine rings is 1. The summed E-state index contributed by atoms with van der Waals surface area (Å²) in [4.78, 5) is 6.97. The molecule has 4 heteroatoms. The highest BCUT2D eigenvalue weighted by molar-refractivity contribution is 9.09. The number of methoxy groups -OCH3 is 1. The lowest BCUT2D eigenvalue weighted by Crippen LogP contribution is -2.27. The molecule has 0 aliphatic carbocycles. The zero-order valence-electron chi connectivity index (χ0n) is 11.8. The zero-order valence-corrected chi connectivity index (χ0v) is 13.4. The maximum absolute atomic E-state index is 5.45. The monoisotopic (exact) mass is 314 g/mol. The van der Waals surface area contributed by atoms with Crippen molar-refractivity contribution in [2.75, 3.05) is 25.5 Å². The van der Waals surface area contributed by atoms with Gasteiger partial charge in [0.1, 0.15) is 5.75 Å². The van der Waals surface area contributed by atoms with E-state index in [0.29, 0.717) is 0 Å². The van der Waals surface area contributed by atoms with E-state index in [-0.39, 0.29) is 0 Å². The standard InChI is InChI=1S/C14H23BrN2O/c1-5-7-17(8-6-15)10-13-12(3)14(18-4)11(2)9-16-13/h9H,5-8,10H2,1-4H3. The molecule has 0 aliphatic heterocycles. The van der Waals surface area contributed by atoms with Crippen molar-refractivity contribution in [3.63, 3.8) is 0 Å². The third kappa shape index (κ3) is 3.95. The van der Waals surface area contributed by atoms with E-state index in [1.54, 1.807) is 7.11 Å². The first-order valence-corrected chi connectivity index (χ1v) is 7.53. The Labute approximate surface area is 119 Å². The fraction of sp³-hybridized carbons (Fsp3) is 0.643. The van der Waals surface area contributed by atoms with Gasteiger partial charge in [-0.05, 0) is 26.8 Å². The van der Waals surface area contributed by atoms with Crippen molar-refractivity contribution < 1.29 is 4.74 Å². The quantitative estimate of drug-likeness (QED) is 0.722. The van der Waals surface area contributed by atoms with Crippen molar-refractivity contribution >= 4 is 15.9 Å². The molecule has 0 amide bonds. The van der Waals surface area contributed by atoms with Crippen LogP contribution in [0.5, 0.6) is 5.75 Å². The molecular formula is C14H23BrN2O. The van der Waals surface area contributed by atoms with Crippen molar-refractivity contribution in [2.45, 2.75) is 33.7 Å². The van der Waals surface area contributed by atoms with Gasteiger partial charge in [-0.1, -0.05) is 22.9 Å². The first-order valence-electron chi connectivity index (χ1n) is 6.41. The summed E-state index contributed by atoms with van der Waals surface area (Å²) in [7, 11) is 1.72. The summed E-state index contributed by atoms with van der Waals surface area (Å²) in [6, 6.07) is 0. The molecule has 0 aliphatic rings. The molecule has 0 saturated carbocycles. The smallest absolute Gasteiger partial charge is 0.128 e. The lowest BCUT2D eigenvalue weighted by Gasteiger charge is -2.22. The second-order valence-electron chi connectivity index (χ2n) is 4.51. The van der Waals surface area contributed by atoms with Gasteiger partial charge in [0.15, 0.2) is 0 Å². The number of nitrogens with zero attached hydrogens (tertiary/aromatic N) is 2. The number of alkyl halides is 1. The molecule has 0 N–H and O–H groups in total. The number of hydrogen-bond donors (Lipinski definition) is 0. The first kappa shape index (κ1) is 15.4. The van der Waals surface area contributed by atoms with Gasteiger partial charge in [0.2, 0.25) is 0 Å². The Kier molecular flexibility index (Phi) is 6.65. The molecule has 18 heavy (non-hydrogen) atoms. The van der Waals surface area contributed by atoms with Crippen molar-refractivity contribution in [3.8, 4) is 5.75 Å². The lowest BCUT2D eigenvalue weighted by molar-refractivity contribution is 0.279. The second-order valence-corrected chi connectivity index (χ2v) is 5.30. The largest absolute Gasteiger partial charge is 0.496 e. The maximum atomic E-state index is 5.45. The fourth-order valence-electron chi connectivity index (χ4n) is 2.15. The van der Waals surface area contributed by atoms with Crippen LogP contribution in [0.25, 0.3) is 0 Å². The van der Waals surface area contributed by atoms with E-state index in [1.165, 1.54) is 0 Å². The molecule has 0 saturated heterocycles. The van der Waals surface area contributed by atoms with Gasteiger partial charge in [-0.2, -0.15) is 0 Å². The first-order chi connectivity index (χ1) is 8.63. The SMILES string of the molecule is CCCN(CCBr)Cc1ncc(C)c(OC)c1C. The average Bonchev–Trinajstić information content (AvgIpc) is 2.34. The van der Waals surface area contributed by atoms with Crippen LogP contribution in [0.15, 0.2) is 6.20 Å². The average molecular weight is 315 g/mol. The summed E-state index contributed by atoms with van der Waals surface area (Å²) in [5.74, 6) is 0.968. The van der Waals surface area contributed by atoms with Crippen LogP contribution in [-0.4, -0.2) is 35.4 Å². The molecule has 1 heterocycles. The van der Waals surface area contributed by atoms with Crippen molar-refractivity contribution in [3.05, 3.63) is 23.0 Å². The molecule has 0 aromatic carbocycles. The molecule has 0 radical (unpaired) electrons. The van der Waals surface area contributed by atoms with E-state index in [0.717, 1.165) is 54.0 Å². The molecule has 1 rings (SSSR count). The molecule has 0 spiro atoms. The van der Waals surface area contributed by atoms with Gasteiger partial charge in [-0.15, -0.1) is 0 Å². The fourth-order valence-corrected chi connectivity index (χ4v) is 2.65.